The van der Waals surface area contributed by atoms with Crippen LogP contribution in [0.15, 0.2) is 18.2 Å². The van der Waals surface area contributed by atoms with E-state index in [9.17, 15) is 13.2 Å². The molecule has 2 aliphatic heterocycles. The summed E-state index contributed by atoms with van der Waals surface area (Å²) in [6, 6.07) is 5.39. The van der Waals surface area contributed by atoms with E-state index in [4.69, 9.17) is 9.47 Å². The zero-order chi connectivity index (χ0) is 20.5. The van der Waals surface area contributed by atoms with E-state index in [0.29, 0.717) is 31.6 Å². The Bertz CT molecular complexity index is 837. The summed E-state index contributed by atoms with van der Waals surface area (Å²) in [5.74, 6) is 1.06. The molecule has 28 heavy (non-hydrogen) atoms. The monoisotopic (exact) mass is 410 g/mol. The van der Waals surface area contributed by atoms with Gasteiger partial charge in [-0.15, -0.1) is 0 Å². The van der Waals surface area contributed by atoms with Gasteiger partial charge < -0.3 is 14.8 Å². The van der Waals surface area contributed by atoms with Gasteiger partial charge in [0.1, 0.15) is 17.1 Å². The number of sulfonamides is 1. The Balaban J connectivity index is 1.78. The highest BCUT2D eigenvalue weighted by atomic mass is 32.2. The van der Waals surface area contributed by atoms with Gasteiger partial charge in [0, 0.05) is 25.1 Å². The minimum absolute atomic E-state index is 0.0582. The maximum atomic E-state index is 13.0. The first kappa shape index (κ1) is 20.9. The van der Waals surface area contributed by atoms with Crippen LogP contribution in [0, 0.1) is 5.92 Å². The highest BCUT2D eigenvalue weighted by Crippen LogP contribution is 2.41. The van der Waals surface area contributed by atoms with E-state index in [-0.39, 0.29) is 30.2 Å². The Hall–Kier alpha value is -1.80. The molecule has 156 valence electrons. The molecule has 0 unspecified atom stereocenters. The smallest absolute Gasteiger partial charge is 0.224 e. The van der Waals surface area contributed by atoms with Crippen molar-refractivity contribution in [2.24, 2.45) is 5.92 Å². The van der Waals surface area contributed by atoms with Crippen LogP contribution in [0.1, 0.15) is 51.6 Å². The Morgan fingerprint density at radius 1 is 1.39 bits per heavy atom. The number of carbonyl (C=O) groups is 1. The first-order chi connectivity index (χ1) is 13.1. The Morgan fingerprint density at radius 2 is 2.14 bits per heavy atom. The number of hydrogen-bond acceptors (Lipinski definition) is 5. The number of piperidine rings is 1. The minimum Gasteiger partial charge on any atom is -0.497 e. The molecule has 0 spiro atoms. The number of methoxy groups -OCH3 is 1. The van der Waals surface area contributed by atoms with Gasteiger partial charge in [0.25, 0.3) is 0 Å². The van der Waals surface area contributed by atoms with Crippen LogP contribution in [0.5, 0.6) is 11.5 Å². The minimum atomic E-state index is -3.28. The van der Waals surface area contributed by atoms with Crippen molar-refractivity contribution < 1.29 is 22.7 Å². The summed E-state index contributed by atoms with van der Waals surface area (Å²) in [5, 5.41) is 3.15. The molecule has 2 heterocycles. The van der Waals surface area contributed by atoms with Gasteiger partial charge in [-0.2, -0.15) is 0 Å². The van der Waals surface area contributed by atoms with Crippen molar-refractivity contribution in [1.29, 1.82) is 0 Å². The van der Waals surface area contributed by atoms with Gasteiger partial charge in [-0.05, 0) is 51.8 Å². The quantitative estimate of drug-likeness (QED) is 0.806. The summed E-state index contributed by atoms with van der Waals surface area (Å²) in [6.07, 6.45) is 2.02. The molecule has 2 atom stereocenters. The van der Waals surface area contributed by atoms with Crippen LogP contribution >= 0.6 is 0 Å². The van der Waals surface area contributed by atoms with Gasteiger partial charge in [0.2, 0.25) is 15.9 Å². The number of amides is 1. The number of nitrogens with one attached hydrogen (secondary N) is 1. The molecule has 0 bridgehead atoms. The predicted molar refractivity (Wildman–Crippen MR) is 107 cm³/mol. The van der Waals surface area contributed by atoms with Gasteiger partial charge in [0.15, 0.2) is 0 Å². The highest BCUT2D eigenvalue weighted by Gasteiger charge is 2.37. The van der Waals surface area contributed by atoms with Crippen LogP contribution in [0.2, 0.25) is 0 Å². The third kappa shape index (κ3) is 4.43. The first-order valence-corrected chi connectivity index (χ1v) is 11.4. The first-order valence-electron chi connectivity index (χ1n) is 9.80. The molecular formula is C20H30N2O5S. The molecule has 1 saturated heterocycles. The van der Waals surface area contributed by atoms with E-state index in [1.165, 1.54) is 4.31 Å². The number of hydrogen-bond donors (Lipinski definition) is 1. The van der Waals surface area contributed by atoms with Crippen molar-refractivity contribution in [3.05, 3.63) is 23.8 Å². The molecule has 7 nitrogen and oxygen atoms in total. The van der Waals surface area contributed by atoms with E-state index in [0.717, 1.165) is 11.3 Å². The third-order valence-electron chi connectivity index (χ3n) is 5.50. The zero-order valence-electron chi connectivity index (χ0n) is 17.0. The number of benzene rings is 1. The predicted octanol–water partition coefficient (Wildman–Crippen LogP) is 2.48. The molecule has 8 heteroatoms. The number of rotatable bonds is 5. The van der Waals surface area contributed by atoms with E-state index in [1.807, 2.05) is 32.0 Å². The van der Waals surface area contributed by atoms with Gasteiger partial charge in [0.05, 0.1) is 24.8 Å². The lowest BCUT2D eigenvalue weighted by Gasteiger charge is -2.39. The molecule has 1 aromatic carbocycles. The van der Waals surface area contributed by atoms with Crippen molar-refractivity contribution in [2.75, 3.05) is 26.0 Å². The summed E-state index contributed by atoms with van der Waals surface area (Å²) in [7, 11) is -1.68. The molecule has 0 aliphatic carbocycles. The average Bonchev–Trinajstić information content (AvgIpc) is 2.67. The van der Waals surface area contributed by atoms with E-state index in [2.05, 4.69) is 5.32 Å². The SMILES string of the molecule is CCS(=O)(=O)N1CCC[C@H](C(=O)N[C@@H]2CC(C)(C)Oc3ccc(OC)cc32)C1. The van der Waals surface area contributed by atoms with Crippen LogP contribution in [0.3, 0.4) is 0 Å². The fraction of sp³-hybridized carbons (Fsp3) is 0.650. The summed E-state index contributed by atoms with van der Waals surface area (Å²) >= 11 is 0. The van der Waals surface area contributed by atoms with Crippen molar-refractivity contribution in [2.45, 2.75) is 51.7 Å². The molecule has 0 saturated carbocycles. The fourth-order valence-corrected chi connectivity index (χ4v) is 5.15. The second-order valence-electron chi connectivity index (χ2n) is 8.13. The van der Waals surface area contributed by atoms with Crippen molar-refractivity contribution >= 4 is 15.9 Å². The Labute approximate surface area is 167 Å². The number of ether oxygens (including phenoxy) is 2. The average molecular weight is 411 g/mol. The topological polar surface area (TPSA) is 84.9 Å². The number of fused-ring (bicyclic) bond motifs is 1. The van der Waals surface area contributed by atoms with Crippen LogP contribution in [0.25, 0.3) is 0 Å². The van der Waals surface area contributed by atoms with Crippen LogP contribution in [-0.2, 0) is 14.8 Å². The lowest BCUT2D eigenvalue weighted by molar-refractivity contribution is -0.127. The van der Waals surface area contributed by atoms with Crippen LogP contribution in [0.4, 0.5) is 0 Å². The molecule has 0 aromatic heterocycles. The van der Waals surface area contributed by atoms with E-state index >= 15 is 0 Å². The normalized spacial score (nSPS) is 24.7. The Morgan fingerprint density at radius 3 is 2.82 bits per heavy atom. The summed E-state index contributed by atoms with van der Waals surface area (Å²) in [4.78, 5) is 13.0. The maximum Gasteiger partial charge on any atom is 0.224 e. The fourth-order valence-electron chi connectivity index (χ4n) is 3.97. The molecule has 1 N–H and O–H groups in total. The summed E-state index contributed by atoms with van der Waals surface area (Å²) in [6.45, 7) is 6.36. The lowest BCUT2D eigenvalue weighted by atomic mass is 9.88. The van der Waals surface area contributed by atoms with Crippen molar-refractivity contribution in [1.82, 2.24) is 9.62 Å². The molecule has 1 fully saturated rings. The van der Waals surface area contributed by atoms with Crippen molar-refractivity contribution in [3.8, 4) is 11.5 Å². The largest absolute Gasteiger partial charge is 0.497 e. The van der Waals surface area contributed by atoms with Crippen LogP contribution < -0.4 is 14.8 Å². The van der Waals surface area contributed by atoms with Crippen molar-refractivity contribution in [3.63, 3.8) is 0 Å². The highest BCUT2D eigenvalue weighted by molar-refractivity contribution is 7.89. The molecule has 1 amide bonds. The standard InChI is InChI=1S/C20H30N2O5S/c1-5-28(24,25)22-10-6-7-14(13-22)19(23)21-17-12-20(2,3)27-18-9-8-15(26-4)11-16(17)18/h8-9,11,14,17H,5-7,10,12-13H2,1-4H3,(H,21,23)/t14-,17+/m0/s1. The molecule has 0 radical (unpaired) electrons. The van der Waals surface area contributed by atoms with Crippen LogP contribution in [-0.4, -0.2) is 50.2 Å². The lowest BCUT2D eigenvalue weighted by Crippen LogP contribution is -2.48. The number of carbonyl (C=O) groups excluding carboxylic acids is 1. The summed E-state index contributed by atoms with van der Waals surface area (Å²) in [5.41, 5.74) is 0.477. The molecule has 1 aromatic rings. The maximum absolute atomic E-state index is 13.0. The molecule has 3 rings (SSSR count). The zero-order valence-corrected chi connectivity index (χ0v) is 17.8. The summed E-state index contributed by atoms with van der Waals surface area (Å²) < 4.78 is 37.2. The third-order valence-corrected chi connectivity index (χ3v) is 7.35. The number of nitrogens with zero attached hydrogens (tertiary/aromatic N) is 1. The van der Waals surface area contributed by atoms with E-state index < -0.39 is 15.6 Å². The van der Waals surface area contributed by atoms with Gasteiger partial charge in [-0.3, -0.25) is 4.79 Å². The van der Waals surface area contributed by atoms with Gasteiger partial charge >= 0.3 is 0 Å². The molecular weight excluding hydrogens is 380 g/mol. The van der Waals surface area contributed by atoms with E-state index in [1.54, 1.807) is 14.0 Å². The second-order valence-corrected chi connectivity index (χ2v) is 10.4. The molecule has 2 aliphatic rings. The Kier molecular flexibility index (Phi) is 5.91. The second kappa shape index (κ2) is 7.91. The van der Waals surface area contributed by atoms with Gasteiger partial charge in [-0.1, -0.05) is 0 Å². The van der Waals surface area contributed by atoms with Gasteiger partial charge in [-0.25, -0.2) is 12.7 Å².